The van der Waals surface area contributed by atoms with Crippen LogP contribution in [0.15, 0.2) is 194 Å². The van der Waals surface area contributed by atoms with Crippen molar-refractivity contribution in [2.45, 2.75) is 187 Å². The average molecular weight is 1120 g/mol. The lowest BCUT2D eigenvalue weighted by Gasteiger charge is -2.28. The zero-order valence-corrected chi connectivity index (χ0v) is 51.3. The third kappa shape index (κ3) is 62.1. The number of likely N-dealkylation sites (N-methyl/N-ethyl adjacent to an activating group) is 1. The molecule has 0 rings (SSSR count). The lowest BCUT2D eigenvalue weighted by Crippen LogP contribution is -2.37. The first kappa shape index (κ1) is 74.8. The van der Waals surface area contributed by atoms with Crippen LogP contribution in [-0.4, -0.2) is 70.0 Å². The fourth-order valence-electron chi connectivity index (χ4n) is 7.04. The van der Waals surface area contributed by atoms with Crippen LogP contribution in [0.4, 0.5) is 0 Å². The average Bonchev–Trinajstić information content (AvgIpc) is 3.42. The van der Waals surface area contributed by atoms with Crippen molar-refractivity contribution < 1.29 is 42.1 Å². The molecule has 0 amide bonds. The molecule has 0 fully saturated rings. The van der Waals surface area contributed by atoms with Crippen molar-refractivity contribution in [2.75, 3.05) is 47.5 Å². The zero-order valence-electron chi connectivity index (χ0n) is 50.4. The number of rotatable bonds is 52. The summed E-state index contributed by atoms with van der Waals surface area (Å²) in [6, 6.07) is 0. The van der Waals surface area contributed by atoms with Crippen molar-refractivity contribution in [3.05, 3.63) is 194 Å². The van der Waals surface area contributed by atoms with Gasteiger partial charge in [0.05, 0.1) is 27.7 Å². The van der Waals surface area contributed by atoms with Gasteiger partial charge in [0.1, 0.15) is 19.8 Å². The molecule has 0 saturated heterocycles. The lowest BCUT2D eigenvalue weighted by atomic mass is 10.1. The normalized spacial score (nSPS) is 14.6. The third-order valence-corrected chi connectivity index (χ3v) is 12.6. The van der Waals surface area contributed by atoms with E-state index in [0.29, 0.717) is 23.9 Å². The zero-order chi connectivity index (χ0) is 58.4. The highest BCUT2D eigenvalue weighted by Gasteiger charge is 2.21. The van der Waals surface area contributed by atoms with Crippen molar-refractivity contribution in [2.24, 2.45) is 0 Å². The summed E-state index contributed by atoms with van der Waals surface area (Å²) >= 11 is 0. The Morgan fingerprint density at radius 3 is 1.01 bits per heavy atom. The summed E-state index contributed by atoms with van der Waals surface area (Å²) in [4.78, 5) is 37.9. The molecule has 9 nitrogen and oxygen atoms in total. The van der Waals surface area contributed by atoms with Crippen LogP contribution in [0.1, 0.15) is 181 Å². The minimum absolute atomic E-state index is 0.0566. The Labute approximate surface area is 488 Å². The predicted molar refractivity (Wildman–Crippen MR) is 341 cm³/mol. The van der Waals surface area contributed by atoms with Crippen molar-refractivity contribution in [3.63, 3.8) is 0 Å². The van der Waals surface area contributed by atoms with Crippen molar-refractivity contribution in [3.8, 4) is 0 Å². The van der Waals surface area contributed by atoms with Crippen LogP contribution in [0.2, 0.25) is 0 Å². The molecule has 0 aromatic heterocycles. The number of quaternary nitrogens is 1. The van der Waals surface area contributed by atoms with Gasteiger partial charge in [-0.3, -0.25) is 14.2 Å². The van der Waals surface area contributed by atoms with Gasteiger partial charge < -0.3 is 27.9 Å². The lowest BCUT2D eigenvalue weighted by molar-refractivity contribution is -0.870. The maximum Gasteiger partial charge on any atom is 0.306 e. The second-order valence-corrected chi connectivity index (χ2v) is 21.7. The Kier molecular flexibility index (Phi) is 54.7. The smallest absolute Gasteiger partial charge is 0.306 e. The van der Waals surface area contributed by atoms with Gasteiger partial charge in [0, 0.05) is 12.8 Å². The van der Waals surface area contributed by atoms with Crippen molar-refractivity contribution in [1.82, 2.24) is 0 Å². The van der Waals surface area contributed by atoms with Gasteiger partial charge in [-0.25, -0.2) is 0 Å². The second kappa shape index (κ2) is 58.5. The molecule has 446 valence electrons. The van der Waals surface area contributed by atoms with Gasteiger partial charge in [0.2, 0.25) is 0 Å². The molecule has 0 aliphatic rings. The Balaban J connectivity index is 4.37. The summed E-state index contributed by atoms with van der Waals surface area (Å²) in [5.74, 6) is -0.935. The first-order chi connectivity index (χ1) is 39.0. The standard InChI is InChI=1S/C70H108NO8P/c1-6-8-10-12-14-16-18-20-22-24-26-28-30-31-32-33-34-35-36-37-38-39-41-43-45-47-49-51-53-55-57-59-61-63-70(73)79-68(67-78-80(74,75)77-65-64-71(3,4)5)66-76-69(72)62-60-58-56-54-52-50-48-46-44-42-40-29-27-25-23-21-19-17-15-13-11-9-7-2/h8-11,14-17,20-23,26-29,31-32,34-35,37-38,41-44,47-50,53,55,68H,6-7,12-13,18-19,24-25,30,33,36,39-40,45-46,51-52,54,56-67H2,1-5H3/b10-8-,11-9-,16-14-,17-15-,22-20-,23-21-,28-26-,29-27-,32-31-,35-34-,38-37-,43-41-,44-42-,49-47-,50-48-,55-53-. The first-order valence-electron chi connectivity index (χ1n) is 30.1. The van der Waals surface area contributed by atoms with Crippen molar-refractivity contribution >= 4 is 19.8 Å². The fraction of sp³-hybridized carbons (Fsp3) is 0.514. The van der Waals surface area contributed by atoms with E-state index in [1.807, 2.05) is 21.1 Å². The summed E-state index contributed by atoms with van der Waals surface area (Å²) < 4.78 is 34.1. The number of hydrogen-bond acceptors (Lipinski definition) is 8. The number of hydrogen-bond donors (Lipinski definition) is 0. The molecule has 0 aromatic rings. The maximum atomic E-state index is 12.8. The van der Waals surface area contributed by atoms with Crippen LogP contribution in [0, 0.1) is 0 Å². The van der Waals surface area contributed by atoms with Gasteiger partial charge in [0.25, 0.3) is 7.82 Å². The van der Waals surface area contributed by atoms with Gasteiger partial charge in [-0.05, 0) is 141 Å². The van der Waals surface area contributed by atoms with E-state index in [9.17, 15) is 19.0 Å². The molecule has 80 heavy (non-hydrogen) atoms. The quantitative estimate of drug-likeness (QED) is 0.0195. The van der Waals surface area contributed by atoms with Gasteiger partial charge >= 0.3 is 11.9 Å². The second-order valence-electron chi connectivity index (χ2n) is 20.2. The molecule has 0 bridgehead atoms. The van der Waals surface area contributed by atoms with Crippen LogP contribution in [0.5, 0.6) is 0 Å². The third-order valence-electron chi connectivity index (χ3n) is 11.6. The van der Waals surface area contributed by atoms with Gasteiger partial charge in [-0.1, -0.05) is 221 Å². The number of ether oxygens (including phenoxy) is 2. The molecule has 0 aromatic carbocycles. The summed E-state index contributed by atoms with van der Waals surface area (Å²) in [5.41, 5.74) is 0. The van der Waals surface area contributed by atoms with E-state index in [0.717, 1.165) is 141 Å². The molecule has 10 heteroatoms. The maximum absolute atomic E-state index is 12.8. The number of esters is 2. The minimum Gasteiger partial charge on any atom is -0.756 e. The number of carbonyl (C=O) groups excluding carboxylic acids is 2. The summed E-state index contributed by atoms with van der Waals surface area (Å²) in [7, 11) is 1.08. The highest BCUT2D eigenvalue weighted by Crippen LogP contribution is 2.38. The van der Waals surface area contributed by atoms with Crippen LogP contribution >= 0.6 is 7.82 Å². The Morgan fingerprint density at radius 1 is 0.388 bits per heavy atom. The number of nitrogens with zero attached hydrogens (tertiary/aromatic N) is 1. The molecule has 0 aliphatic heterocycles. The monoisotopic (exact) mass is 1120 g/mol. The van der Waals surface area contributed by atoms with Crippen LogP contribution in [0.3, 0.4) is 0 Å². The van der Waals surface area contributed by atoms with Crippen LogP contribution in [0.25, 0.3) is 0 Å². The Morgan fingerprint density at radius 2 is 0.675 bits per heavy atom. The number of phosphoric ester groups is 1. The van der Waals surface area contributed by atoms with Gasteiger partial charge in [-0.2, -0.15) is 0 Å². The number of carbonyl (C=O) groups is 2. The molecule has 2 atom stereocenters. The van der Waals surface area contributed by atoms with E-state index >= 15 is 0 Å². The van der Waals surface area contributed by atoms with E-state index in [4.69, 9.17) is 18.5 Å². The molecule has 0 aliphatic carbocycles. The molecule has 2 unspecified atom stereocenters. The molecule has 0 heterocycles. The van der Waals surface area contributed by atoms with E-state index in [1.54, 1.807) is 0 Å². The van der Waals surface area contributed by atoms with E-state index < -0.39 is 32.5 Å². The summed E-state index contributed by atoms with van der Waals surface area (Å²) in [5, 5.41) is 0. The highest BCUT2D eigenvalue weighted by molar-refractivity contribution is 7.45. The predicted octanol–water partition coefficient (Wildman–Crippen LogP) is 18.7. The fourth-order valence-corrected chi connectivity index (χ4v) is 7.77. The Bertz CT molecular complexity index is 2050. The SMILES string of the molecule is CC/C=C\C/C=C\C/C=C\C/C=C\C/C=C\C/C=C\C/C=C\C/C=C\C/C=C\C/C=C\CCCCC(=O)OC(COC(=O)CCCCCC/C=C\C/C=C\C/C=C\C/C=C\C/C=C\C/C=C\CC)COP(=O)([O-])OCC[N+](C)(C)C. The van der Waals surface area contributed by atoms with E-state index in [2.05, 4.69) is 208 Å². The molecule has 0 saturated carbocycles. The van der Waals surface area contributed by atoms with E-state index in [1.165, 1.54) is 0 Å². The highest BCUT2D eigenvalue weighted by atomic mass is 31.2. The summed E-state index contributed by atoms with van der Waals surface area (Å²) in [6.07, 6.45) is 92.0. The molecular formula is C70H108NO8P. The molecule has 0 spiro atoms. The minimum atomic E-state index is -4.67. The molecular weight excluding hydrogens is 1010 g/mol. The van der Waals surface area contributed by atoms with Crippen molar-refractivity contribution in [1.29, 1.82) is 0 Å². The number of unbranched alkanes of at least 4 members (excludes halogenated alkanes) is 6. The number of allylic oxidation sites excluding steroid dienone is 32. The topological polar surface area (TPSA) is 111 Å². The summed E-state index contributed by atoms with van der Waals surface area (Å²) in [6.45, 7) is 3.89. The Hall–Kier alpha value is -5.15. The molecule has 0 N–H and O–H groups in total. The number of phosphoric acid groups is 1. The largest absolute Gasteiger partial charge is 0.756 e. The molecule has 0 radical (unpaired) electrons. The first-order valence-corrected chi connectivity index (χ1v) is 31.6. The van der Waals surface area contributed by atoms with Crippen LogP contribution < -0.4 is 4.89 Å². The van der Waals surface area contributed by atoms with Gasteiger partial charge in [-0.15, -0.1) is 0 Å². The van der Waals surface area contributed by atoms with E-state index in [-0.39, 0.29) is 26.1 Å². The van der Waals surface area contributed by atoms with Crippen LogP contribution in [-0.2, 0) is 32.7 Å². The van der Waals surface area contributed by atoms with Gasteiger partial charge in [0.15, 0.2) is 6.10 Å².